The molecule has 0 bridgehead atoms. The minimum Gasteiger partial charge on any atom is -0.501 e. The molecule has 1 aromatic heterocycles. The standard InChI is InChI=1S/C16H11N7O11S/c1-7-14(18-17-10-5-9(35(32,33)34)6-13(15(10)24)23(30)31)16(25)20(19-7)11-3-2-8(21(26)27)4-12(11)22(28)29/h2-6,19,24H,1H3,(H,32,33,34). The lowest BCUT2D eigenvalue weighted by Crippen LogP contribution is -2.15. The molecule has 0 aliphatic carbocycles. The van der Waals surface area contributed by atoms with E-state index < -0.39 is 69.5 Å². The van der Waals surface area contributed by atoms with Gasteiger partial charge in [-0.05, 0) is 19.1 Å². The first-order chi connectivity index (χ1) is 16.2. The number of azo groups is 1. The number of nitro groups is 3. The number of aromatic nitrogens is 2. The Morgan fingerprint density at radius 3 is 2.14 bits per heavy atom. The van der Waals surface area contributed by atoms with Gasteiger partial charge >= 0.3 is 11.4 Å². The van der Waals surface area contributed by atoms with Crippen LogP contribution in [0.1, 0.15) is 5.69 Å². The van der Waals surface area contributed by atoms with Gasteiger partial charge in [0, 0.05) is 12.1 Å². The Bertz CT molecular complexity index is 1600. The number of nitrogens with one attached hydrogen (secondary N) is 1. The van der Waals surface area contributed by atoms with Crippen LogP contribution in [0.3, 0.4) is 0 Å². The van der Waals surface area contributed by atoms with Gasteiger partial charge in [-0.1, -0.05) is 0 Å². The smallest absolute Gasteiger partial charge is 0.314 e. The SMILES string of the molecule is Cc1[nH]n(-c2ccc([N+](=O)[O-])cc2[N+](=O)[O-])c(=O)c1N=Nc1cc(S(=O)(=O)O)cc([N+](=O)[O-])c1O. The van der Waals surface area contributed by atoms with Gasteiger partial charge in [-0.15, -0.1) is 10.2 Å². The van der Waals surface area contributed by atoms with Gasteiger partial charge in [0.2, 0.25) is 5.75 Å². The monoisotopic (exact) mass is 509 g/mol. The molecule has 3 rings (SSSR count). The number of nitrogens with zero attached hydrogens (tertiary/aromatic N) is 6. The number of hydrogen-bond donors (Lipinski definition) is 3. The van der Waals surface area contributed by atoms with Crippen molar-refractivity contribution in [1.82, 2.24) is 9.78 Å². The number of hydrogen-bond acceptors (Lipinski definition) is 12. The summed E-state index contributed by atoms with van der Waals surface area (Å²) in [6.07, 6.45) is 0. The van der Waals surface area contributed by atoms with E-state index in [-0.39, 0.29) is 11.4 Å². The first-order valence-electron chi connectivity index (χ1n) is 8.87. The van der Waals surface area contributed by atoms with Crippen molar-refractivity contribution in [3.63, 3.8) is 0 Å². The second kappa shape index (κ2) is 8.72. The Kier molecular flexibility index (Phi) is 6.13. The number of nitro benzene ring substituents is 3. The number of aryl methyl sites for hydroxylation is 1. The molecule has 0 aliphatic heterocycles. The summed E-state index contributed by atoms with van der Waals surface area (Å²) >= 11 is 0. The average Bonchev–Trinajstić information content (AvgIpc) is 3.04. The highest BCUT2D eigenvalue weighted by molar-refractivity contribution is 7.85. The molecule has 3 aromatic rings. The van der Waals surface area contributed by atoms with Gasteiger partial charge in [-0.2, -0.15) is 8.42 Å². The van der Waals surface area contributed by atoms with Crippen molar-refractivity contribution in [3.8, 4) is 11.4 Å². The third kappa shape index (κ3) is 4.69. The predicted molar refractivity (Wildman–Crippen MR) is 113 cm³/mol. The van der Waals surface area contributed by atoms with E-state index in [0.29, 0.717) is 22.9 Å². The first-order valence-corrected chi connectivity index (χ1v) is 10.3. The predicted octanol–water partition coefficient (Wildman–Crippen LogP) is 2.57. The maximum Gasteiger partial charge on any atom is 0.314 e. The van der Waals surface area contributed by atoms with Crippen molar-refractivity contribution in [2.75, 3.05) is 0 Å². The zero-order chi connectivity index (χ0) is 26.2. The fourth-order valence-electron chi connectivity index (χ4n) is 2.83. The number of non-ortho nitro benzene ring substituents is 1. The quantitative estimate of drug-likeness (QED) is 0.180. The summed E-state index contributed by atoms with van der Waals surface area (Å²) in [5.41, 5.74) is -5.28. The van der Waals surface area contributed by atoms with Gasteiger partial charge in [-0.3, -0.25) is 44.8 Å². The van der Waals surface area contributed by atoms with Crippen LogP contribution in [0.4, 0.5) is 28.4 Å². The van der Waals surface area contributed by atoms with Crippen molar-refractivity contribution in [2.45, 2.75) is 11.8 Å². The maximum atomic E-state index is 12.8. The summed E-state index contributed by atoms with van der Waals surface area (Å²) in [5.74, 6) is -1.12. The number of benzene rings is 2. The molecular weight excluding hydrogens is 498 g/mol. The van der Waals surface area contributed by atoms with Crippen molar-refractivity contribution >= 4 is 38.6 Å². The molecule has 0 aliphatic rings. The van der Waals surface area contributed by atoms with Crippen LogP contribution in [0.25, 0.3) is 5.69 Å². The molecule has 0 amide bonds. The van der Waals surface area contributed by atoms with Gasteiger partial charge < -0.3 is 5.11 Å². The van der Waals surface area contributed by atoms with Gasteiger partial charge in [-0.25, -0.2) is 4.68 Å². The Morgan fingerprint density at radius 2 is 1.60 bits per heavy atom. The fourth-order valence-corrected chi connectivity index (χ4v) is 3.35. The zero-order valence-electron chi connectivity index (χ0n) is 17.0. The summed E-state index contributed by atoms with van der Waals surface area (Å²) in [7, 11) is -4.95. The molecule has 1 heterocycles. The van der Waals surface area contributed by atoms with Crippen LogP contribution in [-0.4, -0.2) is 42.6 Å². The van der Waals surface area contributed by atoms with Gasteiger partial charge in [0.1, 0.15) is 16.3 Å². The van der Waals surface area contributed by atoms with Crippen molar-refractivity contribution < 1.29 is 32.8 Å². The summed E-state index contributed by atoms with van der Waals surface area (Å²) in [6.45, 7) is 1.29. The molecule has 18 nitrogen and oxygen atoms in total. The Morgan fingerprint density at radius 1 is 0.971 bits per heavy atom. The van der Waals surface area contributed by atoms with Crippen LogP contribution in [0.5, 0.6) is 5.75 Å². The third-order valence-electron chi connectivity index (χ3n) is 4.44. The number of phenolic OH excluding ortho intramolecular Hbond substituents is 1. The van der Waals surface area contributed by atoms with E-state index in [2.05, 4.69) is 15.3 Å². The molecular formula is C16H11N7O11S. The molecule has 0 saturated carbocycles. The lowest BCUT2D eigenvalue weighted by atomic mass is 10.2. The molecule has 0 spiro atoms. The molecule has 2 aromatic carbocycles. The summed E-state index contributed by atoms with van der Waals surface area (Å²) in [5, 5.41) is 52.9. The maximum absolute atomic E-state index is 12.8. The molecule has 35 heavy (non-hydrogen) atoms. The minimum atomic E-state index is -4.95. The third-order valence-corrected chi connectivity index (χ3v) is 5.27. The van der Waals surface area contributed by atoms with Crippen LogP contribution >= 0.6 is 0 Å². The minimum absolute atomic E-state index is 0.0358. The Labute approximate surface area is 192 Å². The van der Waals surface area contributed by atoms with Gasteiger partial charge in [0.05, 0.1) is 26.5 Å². The van der Waals surface area contributed by atoms with E-state index in [9.17, 15) is 53.2 Å². The number of aromatic amines is 1. The van der Waals surface area contributed by atoms with E-state index in [1.165, 1.54) is 6.92 Å². The van der Waals surface area contributed by atoms with Crippen molar-refractivity contribution in [2.24, 2.45) is 10.2 Å². The number of phenols is 1. The zero-order valence-corrected chi connectivity index (χ0v) is 17.9. The summed E-state index contributed by atoms with van der Waals surface area (Å²) in [4.78, 5) is 42.2. The van der Waals surface area contributed by atoms with Gasteiger partial charge in [0.25, 0.3) is 21.4 Å². The van der Waals surface area contributed by atoms with Crippen LogP contribution in [0, 0.1) is 37.3 Å². The van der Waals surface area contributed by atoms with Crippen LogP contribution in [-0.2, 0) is 10.1 Å². The molecule has 0 fully saturated rings. The summed E-state index contributed by atoms with van der Waals surface area (Å²) < 4.78 is 32.6. The highest BCUT2D eigenvalue weighted by Gasteiger charge is 2.26. The van der Waals surface area contributed by atoms with Gasteiger partial charge in [0.15, 0.2) is 5.69 Å². The topological polar surface area (TPSA) is 267 Å². The van der Waals surface area contributed by atoms with E-state index in [1.807, 2.05) is 0 Å². The number of H-pyrrole nitrogens is 1. The number of aromatic hydroxyl groups is 1. The average molecular weight is 509 g/mol. The molecule has 0 saturated heterocycles. The van der Waals surface area contributed by atoms with Crippen molar-refractivity contribution in [1.29, 1.82) is 0 Å². The molecule has 0 unspecified atom stereocenters. The van der Waals surface area contributed by atoms with Crippen LogP contribution < -0.4 is 5.56 Å². The largest absolute Gasteiger partial charge is 0.501 e. The lowest BCUT2D eigenvalue weighted by Gasteiger charge is -2.03. The lowest BCUT2D eigenvalue weighted by molar-refractivity contribution is -0.394. The highest BCUT2D eigenvalue weighted by atomic mass is 32.2. The molecule has 182 valence electrons. The highest BCUT2D eigenvalue weighted by Crippen LogP contribution is 2.39. The second-order valence-corrected chi connectivity index (χ2v) is 8.08. The van der Waals surface area contributed by atoms with E-state index in [1.54, 1.807) is 0 Å². The van der Waals surface area contributed by atoms with E-state index in [0.717, 1.165) is 12.1 Å². The molecule has 3 N–H and O–H groups in total. The number of rotatable bonds is 7. The van der Waals surface area contributed by atoms with E-state index >= 15 is 0 Å². The van der Waals surface area contributed by atoms with Crippen LogP contribution in [0.2, 0.25) is 0 Å². The first kappa shape index (κ1) is 24.6. The molecule has 0 radical (unpaired) electrons. The van der Waals surface area contributed by atoms with Crippen LogP contribution in [0.15, 0.2) is 50.3 Å². The summed E-state index contributed by atoms with van der Waals surface area (Å²) in [6, 6.07) is 3.44. The fraction of sp³-hybridized carbons (Fsp3) is 0.0625. The normalized spacial score (nSPS) is 11.6. The second-order valence-electron chi connectivity index (χ2n) is 6.66. The molecule has 19 heteroatoms. The van der Waals surface area contributed by atoms with E-state index in [4.69, 9.17) is 0 Å². The Balaban J connectivity index is 2.16. The van der Waals surface area contributed by atoms with Crippen molar-refractivity contribution in [3.05, 3.63) is 76.7 Å². The molecule has 0 atom stereocenters. The Hall–Kier alpha value is -5.04.